The number of pyridine rings is 1. The van der Waals surface area contributed by atoms with Crippen molar-refractivity contribution in [2.45, 2.75) is 86.2 Å². The Morgan fingerprint density at radius 2 is 2.00 bits per heavy atom. The molecule has 182 valence electrons. The molecule has 0 radical (unpaired) electrons. The largest absolute Gasteiger partial charge is 0.369 e. The summed E-state index contributed by atoms with van der Waals surface area (Å²) in [6.45, 7) is 4.82. The van der Waals surface area contributed by atoms with Crippen LogP contribution >= 0.6 is 0 Å². The fraction of sp³-hybridized carbons (Fsp3) is 0.625. The van der Waals surface area contributed by atoms with Crippen molar-refractivity contribution in [1.29, 1.82) is 0 Å². The van der Waals surface area contributed by atoms with Crippen LogP contribution in [0.5, 0.6) is 0 Å². The van der Waals surface area contributed by atoms with Crippen molar-refractivity contribution in [1.82, 2.24) is 20.4 Å². The fourth-order valence-corrected chi connectivity index (χ4v) is 8.50. The summed E-state index contributed by atoms with van der Waals surface area (Å²) < 4.78 is 32.9. The van der Waals surface area contributed by atoms with E-state index in [0.717, 1.165) is 31.4 Å². The summed E-state index contributed by atoms with van der Waals surface area (Å²) in [5.74, 6) is 1.83. The van der Waals surface area contributed by atoms with Gasteiger partial charge in [-0.1, -0.05) is 19.0 Å². The summed E-state index contributed by atoms with van der Waals surface area (Å²) in [6.07, 6.45) is 6.49. The van der Waals surface area contributed by atoms with E-state index in [1.54, 1.807) is 24.4 Å². The molecule has 3 aliphatic heterocycles. The lowest BCUT2D eigenvalue weighted by atomic mass is 9.67. The summed E-state index contributed by atoms with van der Waals surface area (Å²) in [7, 11) is -3.58. The summed E-state index contributed by atoms with van der Waals surface area (Å²) in [4.78, 5) is 18.7. The zero-order valence-electron chi connectivity index (χ0n) is 19.5. The average Bonchev–Trinajstić information content (AvgIpc) is 3.50. The van der Waals surface area contributed by atoms with Gasteiger partial charge in [0, 0.05) is 42.9 Å². The zero-order valence-corrected chi connectivity index (χ0v) is 20.3. The van der Waals surface area contributed by atoms with Crippen LogP contribution < -0.4 is 10.6 Å². The Hall–Kier alpha value is -2.46. The van der Waals surface area contributed by atoms with Crippen LogP contribution in [0.2, 0.25) is 0 Å². The first-order valence-electron chi connectivity index (χ1n) is 12.3. The smallest absolute Gasteiger partial charge is 0.273 e. The van der Waals surface area contributed by atoms with E-state index in [0.29, 0.717) is 47.6 Å². The van der Waals surface area contributed by atoms with E-state index in [2.05, 4.69) is 39.5 Å². The van der Waals surface area contributed by atoms with Crippen molar-refractivity contribution < 1.29 is 17.7 Å². The number of nitrogens with one attached hydrogen (secondary N) is 2. The SMILES string of the molecule is CC(C)CNc1ncccc1S(=O)(=O)C12CC3CC(NC(=O)c4cc(C5CC5)on4)CC(C1)N32. The number of amides is 1. The maximum absolute atomic E-state index is 13.8. The number of nitrogens with zero attached hydrogens (tertiary/aromatic N) is 3. The van der Waals surface area contributed by atoms with Crippen LogP contribution in [-0.4, -0.2) is 58.9 Å². The molecule has 9 nitrogen and oxygen atoms in total. The quantitative estimate of drug-likeness (QED) is 0.586. The number of anilines is 1. The summed E-state index contributed by atoms with van der Waals surface area (Å²) in [5.41, 5.74) is 0.335. The van der Waals surface area contributed by atoms with E-state index >= 15 is 0 Å². The van der Waals surface area contributed by atoms with E-state index in [-0.39, 0.29) is 24.0 Å². The number of sulfone groups is 1. The van der Waals surface area contributed by atoms with E-state index < -0.39 is 14.7 Å². The Balaban J connectivity index is 1.13. The Bertz CT molecular complexity index is 1210. The predicted octanol–water partition coefficient (Wildman–Crippen LogP) is 2.92. The first-order valence-corrected chi connectivity index (χ1v) is 13.8. The van der Waals surface area contributed by atoms with Crippen molar-refractivity contribution in [2.24, 2.45) is 5.92 Å². The van der Waals surface area contributed by atoms with Gasteiger partial charge in [0.2, 0.25) is 9.84 Å². The number of piperidine rings is 2. The molecule has 0 aromatic carbocycles. The first kappa shape index (κ1) is 22.0. The van der Waals surface area contributed by atoms with Crippen LogP contribution in [0.25, 0.3) is 0 Å². The molecule has 10 heteroatoms. The third-order valence-corrected chi connectivity index (χ3v) is 10.2. The summed E-state index contributed by atoms with van der Waals surface area (Å²) >= 11 is 0. The molecule has 5 heterocycles. The van der Waals surface area contributed by atoms with Crippen LogP contribution in [0.3, 0.4) is 0 Å². The van der Waals surface area contributed by atoms with E-state index in [1.165, 1.54) is 0 Å². The van der Waals surface area contributed by atoms with Crippen molar-refractivity contribution in [3.8, 4) is 0 Å². The number of hydrogen-bond acceptors (Lipinski definition) is 8. The van der Waals surface area contributed by atoms with Gasteiger partial charge < -0.3 is 15.2 Å². The molecular formula is C24H31N5O4S. The van der Waals surface area contributed by atoms with Crippen LogP contribution in [0.1, 0.15) is 74.5 Å². The third kappa shape index (κ3) is 3.37. The molecule has 6 rings (SSSR count). The van der Waals surface area contributed by atoms with Crippen molar-refractivity contribution in [3.05, 3.63) is 35.9 Å². The number of hydrogen-bond donors (Lipinski definition) is 2. The number of aromatic nitrogens is 2. The van der Waals surface area contributed by atoms with Gasteiger partial charge in [0.1, 0.15) is 21.3 Å². The second-order valence-corrected chi connectivity index (χ2v) is 12.9. The maximum atomic E-state index is 13.8. The Kier molecular flexibility index (Phi) is 5.04. The molecule has 4 aliphatic rings. The van der Waals surface area contributed by atoms with E-state index in [1.807, 2.05) is 0 Å². The van der Waals surface area contributed by atoms with Crippen LogP contribution in [0.15, 0.2) is 33.8 Å². The second kappa shape index (κ2) is 7.78. The van der Waals surface area contributed by atoms with Gasteiger partial charge in [-0.05, 0) is 56.6 Å². The van der Waals surface area contributed by atoms with Gasteiger partial charge in [-0.25, -0.2) is 13.4 Å². The van der Waals surface area contributed by atoms with Crippen LogP contribution in [0.4, 0.5) is 5.82 Å². The monoisotopic (exact) mass is 485 g/mol. The molecule has 2 N–H and O–H groups in total. The molecule has 2 aromatic heterocycles. The van der Waals surface area contributed by atoms with Gasteiger partial charge >= 0.3 is 0 Å². The molecule has 0 spiro atoms. The maximum Gasteiger partial charge on any atom is 0.273 e. The lowest BCUT2D eigenvalue weighted by molar-refractivity contribution is -0.176. The fourth-order valence-electron chi connectivity index (χ4n) is 6.05. The normalized spacial score (nSPS) is 30.3. The highest BCUT2D eigenvalue weighted by atomic mass is 32.2. The lowest BCUT2D eigenvalue weighted by Gasteiger charge is -2.72. The molecule has 1 aliphatic carbocycles. The van der Waals surface area contributed by atoms with E-state index in [4.69, 9.17) is 4.52 Å². The zero-order chi connectivity index (χ0) is 23.7. The standard InChI is InChI=1S/C24H31N5O4S/c1-14(2)13-26-22-21(4-3-7-25-22)34(31,32)24-11-17-8-16(9-18(12-24)29(17)24)27-23(30)19-10-20(33-28-19)15-5-6-15/h3-4,7,10,14-18H,5-6,8-9,11-13H2,1-2H3,(H,25,26)(H,27,30). The average molecular weight is 486 g/mol. The van der Waals surface area contributed by atoms with E-state index in [9.17, 15) is 13.2 Å². The van der Waals surface area contributed by atoms with Gasteiger partial charge in [0.15, 0.2) is 5.69 Å². The Labute approximate surface area is 199 Å². The number of carbonyl (C=O) groups is 1. The minimum Gasteiger partial charge on any atom is -0.369 e. The minimum atomic E-state index is -3.58. The Morgan fingerprint density at radius 3 is 2.68 bits per heavy atom. The van der Waals surface area contributed by atoms with Crippen molar-refractivity contribution in [3.63, 3.8) is 0 Å². The summed E-state index contributed by atoms with van der Waals surface area (Å²) in [6, 6.07) is 5.46. The molecule has 1 amide bonds. The number of carbonyl (C=O) groups excluding carboxylic acids is 1. The van der Waals surface area contributed by atoms with Gasteiger partial charge in [0.25, 0.3) is 5.91 Å². The molecule has 34 heavy (non-hydrogen) atoms. The topological polar surface area (TPSA) is 117 Å². The van der Waals surface area contributed by atoms with Crippen LogP contribution in [0, 0.1) is 5.92 Å². The highest BCUT2D eigenvalue weighted by Crippen LogP contribution is 2.61. The third-order valence-electron chi connectivity index (χ3n) is 7.79. The van der Waals surface area contributed by atoms with Gasteiger partial charge in [-0.15, -0.1) is 0 Å². The second-order valence-electron chi connectivity index (χ2n) is 10.7. The molecule has 2 atom stereocenters. The Morgan fingerprint density at radius 1 is 1.26 bits per heavy atom. The molecular weight excluding hydrogens is 454 g/mol. The van der Waals surface area contributed by atoms with Crippen molar-refractivity contribution >= 4 is 21.6 Å². The van der Waals surface area contributed by atoms with Gasteiger partial charge in [-0.2, -0.15) is 0 Å². The minimum absolute atomic E-state index is 0.0162. The lowest BCUT2D eigenvalue weighted by Crippen LogP contribution is -2.84. The van der Waals surface area contributed by atoms with Gasteiger partial charge in [-0.3, -0.25) is 9.69 Å². The number of rotatable bonds is 8. The predicted molar refractivity (Wildman–Crippen MR) is 125 cm³/mol. The van der Waals surface area contributed by atoms with Gasteiger partial charge in [0.05, 0.1) is 0 Å². The molecule has 4 fully saturated rings. The molecule has 0 bridgehead atoms. The highest BCUT2D eigenvalue weighted by molar-refractivity contribution is 7.93. The first-order chi connectivity index (χ1) is 16.3. The summed E-state index contributed by atoms with van der Waals surface area (Å²) in [5, 5.41) is 10.3. The molecule has 2 aromatic rings. The van der Waals surface area contributed by atoms with Crippen molar-refractivity contribution in [2.75, 3.05) is 11.9 Å². The molecule has 3 saturated heterocycles. The molecule has 2 unspecified atom stereocenters. The highest BCUT2D eigenvalue weighted by Gasteiger charge is 2.71. The molecule has 1 saturated carbocycles. The van der Waals surface area contributed by atoms with Crippen LogP contribution in [-0.2, 0) is 9.84 Å².